The Balaban J connectivity index is 1.32. The average molecular weight is 464 g/mol. The molecule has 8 nitrogen and oxygen atoms in total. The second-order valence-corrected chi connectivity index (χ2v) is 7.86. The fourth-order valence-corrected chi connectivity index (χ4v) is 3.55. The molecule has 0 unspecified atom stereocenters. The highest BCUT2D eigenvalue weighted by Gasteiger charge is 2.17. The van der Waals surface area contributed by atoms with E-state index in [0.29, 0.717) is 55.8 Å². The molecule has 1 aliphatic rings. The molecule has 0 N–H and O–H groups in total. The number of nitrogens with zero attached hydrogens (tertiary/aromatic N) is 3. The summed E-state index contributed by atoms with van der Waals surface area (Å²) in [6.45, 7) is 6.49. The Morgan fingerprint density at radius 1 is 1.09 bits per heavy atom. The normalized spacial score (nSPS) is 14.2. The van der Waals surface area contributed by atoms with Gasteiger partial charge in [-0.3, -0.25) is 4.79 Å². The Hall–Kier alpha value is -3.65. The highest BCUT2D eigenvalue weighted by molar-refractivity contribution is 6.00. The van der Waals surface area contributed by atoms with E-state index in [0.717, 1.165) is 16.8 Å². The van der Waals surface area contributed by atoms with Crippen LogP contribution in [-0.2, 0) is 21.0 Å². The van der Waals surface area contributed by atoms with Crippen molar-refractivity contribution in [1.82, 2.24) is 9.88 Å². The summed E-state index contributed by atoms with van der Waals surface area (Å²) in [5.41, 5.74) is 3.37. The van der Waals surface area contributed by atoms with Crippen LogP contribution in [0.25, 0.3) is 11.5 Å². The lowest BCUT2D eigenvalue weighted by Crippen LogP contribution is -2.42. The lowest BCUT2D eigenvalue weighted by atomic mass is 10.1. The van der Waals surface area contributed by atoms with Crippen molar-refractivity contribution < 1.29 is 23.5 Å². The van der Waals surface area contributed by atoms with Crippen molar-refractivity contribution in [1.29, 1.82) is 0 Å². The Labute approximate surface area is 199 Å². The zero-order valence-corrected chi connectivity index (χ0v) is 19.5. The van der Waals surface area contributed by atoms with E-state index in [-0.39, 0.29) is 19.1 Å². The molecule has 1 saturated heterocycles. The number of rotatable bonds is 9. The van der Waals surface area contributed by atoms with Crippen LogP contribution in [-0.4, -0.2) is 54.4 Å². The summed E-state index contributed by atoms with van der Waals surface area (Å²) >= 11 is 0. The molecule has 2 aromatic carbocycles. The number of amides is 1. The maximum Gasteiger partial charge on any atom is 0.260 e. The maximum absolute atomic E-state index is 12.2. The van der Waals surface area contributed by atoms with E-state index in [1.165, 1.54) is 0 Å². The fourth-order valence-electron chi connectivity index (χ4n) is 3.55. The first-order chi connectivity index (χ1) is 16.6. The molecular formula is C26H29N3O5. The Morgan fingerprint density at radius 3 is 2.53 bits per heavy atom. The first kappa shape index (κ1) is 23.5. The van der Waals surface area contributed by atoms with Gasteiger partial charge in [-0.2, -0.15) is 0 Å². The number of aromatic nitrogens is 1. The third-order valence-corrected chi connectivity index (χ3v) is 5.54. The van der Waals surface area contributed by atoms with E-state index in [1.54, 1.807) is 4.90 Å². The van der Waals surface area contributed by atoms with E-state index in [9.17, 15) is 4.79 Å². The third-order valence-electron chi connectivity index (χ3n) is 5.54. The van der Waals surface area contributed by atoms with Crippen molar-refractivity contribution in [3.63, 3.8) is 0 Å². The first-order valence-corrected chi connectivity index (χ1v) is 11.4. The SMILES string of the molecule is CCC(=NOCc1nc(-c2ccccc2)oc1C)c1ccc(OCC(=O)N2CCOCC2)cc1. The second kappa shape index (κ2) is 11.5. The molecule has 1 aliphatic heterocycles. The monoisotopic (exact) mass is 463 g/mol. The number of aryl methyl sites for hydroxylation is 1. The van der Waals surface area contributed by atoms with E-state index in [4.69, 9.17) is 18.7 Å². The minimum Gasteiger partial charge on any atom is -0.484 e. The molecule has 1 amide bonds. The highest BCUT2D eigenvalue weighted by Crippen LogP contribution is 2.22. The van der Waals surface area contributed by atoms with Crippen molar-refractivity contribution in [2.75, 3.05) is 32.9 Å². The van der Waals surface area contributed by atoms with Gasteiger partial charge in [-0.15, -0.1) is 0 Å². The van der Waals surface area contributed by atoms with Crippen LogP contribution < -0.4 is 4.74 Å². The van der Waals surface area contributed by atoms with Crippen LogP contribution in [0.3, 0.4) is 0 Å². The summed E-state index contributed by atoms with van der Waals surface area (Å²) in [5.74, 6) is 1.88. The van der Waals surface area contributed by atoms with Crippen LogP contribution in [0, 0.1) is 6.92 Å². The number of ether oxygens (including phenoxy) is 2. The maximum atomic E-state index is 12.2. The van der Waals surface area contributed by atoms with Crippen LogP contribution in [0.1, 0.15) is 30.4 Å². The van der Waals surface area contributed by atoms with Gasteiger partial charge >= 0.3 is 0 Å². The lowest BCUT2D eigenvalue weighted by Gasteiger charge is -2.26. The van der Waals surface area contributed by atoms with Crippen LogP contribution in [0.2, 0.25) is 0 Å². The molecule has 0 saturated carbocycles. The number of oxazole rings is 1. The predicted octanol–water partition coefficient (Wildman–Crippen LogP) is 4.22. The molecule has 0 aliphatic carbocycles. The van der Waals surface area contributed by atoms with Crippen molar-refractivity contribution in [3.8, 4) is 17.2 Å². The quantitative estimate of drug-likeness (QED) is 0.349. The van der Waals surface area contributed by atoms with Gasteiger partial charge in [0.25, 0.3) is 5.91 Å². The van der Waals surface area contributed by atoms with Crippen molar-refractivity contribution in [2.45, 2.75) is 26.9 Å². The second-order valence-electron chi connectivity index (χ2n) is 7.86. The zero-order chi connectivity index (χ0) is 23.8. The van der Waals surface area contributed by atoms with Crippen LogP contribution in [0.5, 0.6) is 5.75 Å². The molecular weight excluding hydrogens is 434 g/mol. The van der Waals surface area contributed by atoms with Crippen molar-refractivity contribution in [2.24, 2.45) is 5.16 Å². The lowest BCUT2D eigenvalue weighted by molar-refractivity contribution is -0.137. The number of carbonyl (C=O) groups excluding carboxylic acids is 1. The zero-order valence-electron chi connectivity index (χ0n) is 19.5. The van der Waals surface area contributed by atoms with Gasteiger partial charge < -0.3 is 23.6 Å². The Morgan fingerprint density at radius 2 is 1.82 bits per heavy atom. The number of oxime groups is 1. The minimum atomic E-state index is -0.0323. The summed E-state index contributed by atoms with van der Waals surface area (Å²) in [6.07, 6.45) is 0.697. The highest BCUT2D eigenvalue weighted by atomic mass is 16.6. The summed E-state index contributed by atoms with van der Waals surface area (Å²) in [5, 5.41) is 4.32. The molecule has 3 aromatic rings. The number of carbonyl (C=O) groups is 1. The largest absolute Gasteiger partial charge is 0.484 e. The van der Waals surface area contributed by atoms with Gasteiger partial charge in [-0.25, -0.2) is 4.98 Å². The number of hydrogen-bond donors (Lipinski definition) is 0. The van der Waals surface area contributed by atoms with Gasteiger partial charge in [-0.1, -0.05) is 30.3 Å². The first-order valence-electron chi connectivity index (χ1n) is 11.4. The van der Waals surface area contributed by atoms with E-state index >= 15 is 0 Å². The van der Waals surface area contributed by atoms with Gasteiger partial charge in [0.05, 0.1) is 18.9 Å². The molecule has 34 heavy (non-hydrogen) atoms. The molecule has 178 valence electrons. The van der Waals surface area contributed by atoms with Crippen LogP contribution >= 0.6 is 0 Å². The van der Waals surface area contributed by atoms with E-state index < -0.39 is 0 Å². The van der Waals surface area contributed by atoms with Crippen molar-refractivity contribution in [3.05, 3.63) is 71.6 Å². The Kier molecular flexibility index (Phi) is 7.93. The third kappa shape index (κ3) is 6.02. The van der Waals surface area contributed by atoms with E-state index in [2.05, 4.69) is 10.1 Å². The molecule has 1 aromatic heterocycles. The summed E-state index contributed by atoms with van der Waals surface area (Å²) in [4.78, 5) is 24.1. The minimum absolute atomic E-state index is 0.0131. The predicted molar refractivity (Wildman–Crippen MR) is 128 cm³/mol. The summed E-state index contributed by atoms with van der Waals surface area (Å²) in [6, 6.07) is 17.2. The topological polar surface area (TPSA) is 86.4 Å². The van der Waals surface area contributed by atoms with Gasteiger partial charge in [-0.05, 0) is 55.3 Å². The Bertz CT molecular complexity index is 1100. The summed E-state index contributed by atoms with van der Waals surface area (Å²) < 4.78 is 16.7. The van der Waals surface area contributed by atoms with Crippen LogP contribution in [0.4, 0.5) is 0 Å². The molecule has 4 rings (SSSR count). The number of benzene rings is 2. The molecule has 0 atom stereocenters. The average Bonchev–Trinajstić information content (AvgIpc) is 3.27. The number of morpholine rings is 1. The van der Waals surface area contributed by atoms with Crippen LogP contribution in [0.15, 0.2) is 64.2 Å². The van der Waals surface area contributed by atoms with Gasteiger partial charge in [0.15, 0.2) is 13.2 Å². The molecule has 0 radical (unpaired) electrons. The molecule has 1 fully saturated rings. The number of hydrogen-bond acceptors (Lipinski definition) is 7. The molecule has 0 bridgehead atoms. The molecule has 8 heteroatoms. The van der Waals surface area contributed by atoms with Gasteiger partial charge in [0.1, 0.15) is 17.2 Å². The van der Waals surface area contributed by atoms with Gasteiger partial charge in [0, 0.05) is 18.7 Å². The summed E-state index contributed by atoms with van der Waals surface area (Å²) in [7, 11) is 0. The smallest absolute Gasteiger partial charge is 0.260 e. The standard InChI is InChI=1S/C26H29N3O5/c1-3-23(28-33-17-24-19(2)34-26(27-24)21-7-5-4-6-8-21)20-9-11-22(12-10-20)32-18-25(30)29-13-15-31-16-14-29/h4-12H,3,13-18H2,1-2H3. The van der Waals surface area contributed by atoms with Gasteiger partial charge in [0.2, 0.25) is 5.89 Å². The van der Waals surface area contributed by atoms with Crippen molar-refractivity contribution >= 4 is 11.6 Å². The molecule has 0 spiro atoms. The molecule has 2 heterocycles. The fraction of sp³-hybridized carbons (Fsp3) is 0.346. The van der Waals surface area contributed by atoms with E-state index in [1.807, 2.05) is 68.4 Å².